The van der Waals surface area contributed by atoms with Crippen molar-refractivity contribution in [1.29, 1.82) is 0 Å². The van der Waals surface area contributed by atoms with Crippen LogP contribution in [0.25, 0.3) is 0 Å². The highest BCUT2D eigenvalue weighted by Crippen LogP contribution is 2.23. The number of thiazole rings is 1. The summed E-state index contributed by atoms with van der Waals surface area (Å²) in [6.07, 6.45) is 0.451. The summed E-state index contributed by atoms with van der Waals surface area (Å²) < 4.78 is 0. The minimum absolute atomic E-state index is 0.0860. The Balaban J connectivity index is 2.99. The Morgan fingerprint density at radius 3 is 2.35 bits per heavy atom. The topological polar surface area (TPSA) is 85.1 Å². The fourth-order valence-electron chi connectivity index (χ4n) is 2.09. The molecule has 0 bridgehead atoms. The van der Waals surface area contributed by atoms with E-state index in [1.807, 2.05) is 34.6 Å². The molecule has 0 saturated heterocycles. The zero-order valence-corrected chi connectivity index (χ0v) is 13.5. The first kappa shape index (κ1) is 16.6. The normalized spacial score (nSPS) is 14.3. The smallest absolute Gasteiger partial charge is 0.271 e. The van der Waals surface area contributed by atoms with E-state index in [0.717, 1.165) is 5.01 Å². The van der Waals surface area contributed by atoms with Gasteiger partial charge in [-0.15, -0.1) is 11.3 Å². The quantitative estimate of drug-likeness (QED) is 0.844. The number of aromatic nitrogens is 1. The van der Waals surface area contributed by atoms with Crippen LogP contribution in [0.1, 0.15) is 62.5 Å². The highest BCUT2D eigenvalue weighted by Gasteiger charge is 2.40. The van der Waals surface area contributed by atoms with Crippen molar-refractivity contribution in [3.05, 3.63) is 16.1 Å². The number of carbonyl (C=O) groups excluding carboxylic acids is 2. The number of amides is 2. The summed E-state index contributed by atoms with van der Waals surface area (Å²) in [5, 5.41) is 5.40. The van der Waals surface area contributed by atoms with Gasteiger partial charge in [-0.3, -0.25) is 9.59 Å². The van der Waals surface area contributed by atoms with Gasteiger partial charge < -0.3 is 11.1 Å². The Hall–Kier alpha value is -1.43. The van der Waals surface area contributed by atoms with Gasteiger partial charge in [-0.1, -0.05) is 34.6 Å². The maximum atomic E-state index is 12.3. The minimum Gasteiger partial charge on any atom is -0.368 e. The monoisotopic (exact) mass is 297 g/mol. The second kappa shape index (κ2) is 6.35. The predicted molar refractivity (Wildman–Crippen MR) is 80.7 cm³/mol. The predicted octanol–water partition coefficient (Wildman–Crippen LogP) is 2.29. The second-order valence-corrected chi connectivity index (χ2v) is 6.41. The summed E-state index contributed by atoms with van der Waals surface area (Å²) in [7, 11) is 0. The molecule has 3 N–H and O–H groups in total. The maximum absolute atomic E-state index is 12.3. The van der Waals surface area contributed by atoms with Crippen LogP contribution in [-0.2, 0) is 4.79 Å². The average molecular weight is 297 g/mol. The van der Waals surface area contributed by atoms with E-state index in [0.29, 0.717) is 12.1 Å². The number of nitrogens with two attached hydrogens (primary N) is 1. The molecule has 1 atom stereocenters. The SMILES string of the molecule is CC[C@](NC(=O)c1csc(C(C)C)n1)(C(N)=O)C(C)C. The molecule has 20 heavy (non-hydrogen) atoms. The summed E-state index contributed by atoms with van der Waals surface area (Å²) in [6.45, 7) is 9.62. The summed E-state index contributed by atoms with van der Waals surface area (Å²) in [5.41, 5.74) is 4.81. The van der Waals surface area contributed by atoms with Gasteiger partial charge in [-0.05, 0) is 12.3 Å². The average Bonchev–Trinajstić information content (AvgIpc) is 2.84. The number of rotatable bonds is 6. The third-order valence-corrected chi connectivity index (χ3v) is 4.71. The minimum atomic E-state index is -1.03. The summed E-state index contributed by atoms with van der Waals surface area (Å²) in [4.78, 5) is 28.4. The first-order valence-corrected chi connectivity index (χ1v) is 7.70. The number of hydrogen-bond donors (Lipinski definition) is 2. The molecule has 0 saturated carbocycles. The Kier molecular flexibility index (Phi) is 5.28. The van der Waals surface area contributed by atoms with Gasteiger partial charge in [0.15, 0.2) is 0 Å². The van der Waals surface area contributed by atoms with Gasteiger partial charge in [0.1, 0.15) is 11.2 Å². The molecule has 0 aliphatic heterocycles. The largest absolute Gasteiger partial charge is 0.368 e. The fraction of sp³-hybridized carbons (Fsp3) is 0.643. The zero-order valence-electron chi connectivity index (χ0n) is 12.7. The number of nitrogens with zero attached hydrogens (tertiary/aromatic N) is 1. The van der Waals surface area contributed by atoms with E-state index in [-0.39, 0.29) is 17.7 Å². The molecule has 0 radical (unpaired) electrons. The van der Waals surface area contributed by atoms with Crippen LogP contribution in [0.2, 0.25) is 0 Å². The molecule has 112 valence electrons. The zero-order chi connectivity index (χ0) is 15.5. The van der Waals surface area contributed by atoms with Crippen LogP contribution in [0.5, 0.6) is 0 Å². The molecular weight excluding hydrogens is 274 g/mol. The van der Waals surface area contributed by atoms with Crippen LogP contribution in [0, 0.1) is 5.92 Å². The third kappa shape index (κ3) is 3.17. The van der Waals surface area contributed by atoms with Crippen LogP contribution in [0.15, 0.2) is 5.38 Å². The lowest BCUT2D eigenvalue weighted by Gasteiger charge is -2.34. The van der Waals surface area contributed by atoms with E-state index in [2.05, 4.69) is 10.3 Å². The second-order valence-electron chi connectivity index (χ2n) is 5.52. The number of hydrogen-bond acceptors (Lipinski definition) is 4. The van der Waals surface area contributed by atoms with Crippen molar-refractivity contribution in [3.8, 4) is 0 Å². The van der Waals surface area contributed by atoms with Gasteiger partial charge >= 0.3 is 0 Å². The molecule has 6 heteroatoms. The molecule has 1 heterocycles. The van der Waals surface area contributed by atoms with E-state index in [1.54, 1.807) is 5.38 Å². The lowest BCUT2D eigenvalue weighted by molar-refractivity contribution is -0.126. The van der Waals surface area contributed by atoms with Crippen molar-refractivity contribution in [3.63, 3.8) is 0 Å². The third-order valence-electron chi connectivity index (χ3n) is 3.57. The van der Waals surface area contributed by atoms with Crippen molar-refractivity contribution < 1.29 is 9.59 Å². The molecule has 0 aliphatic rings. The summed E-state index contributed by atoms with van der Waals surface area (Å²) in [5.74, 6) is -0.666. The molecule has 0 aliphatic carbocycles. The van der Waals surface area contributed by atoms with Crippen LogP contribution >= 0.6 is 11.3 Å². The lowest BCUT2D eigenvalue weighted by Crippen LogP contribution is -2.60. The van der Waals surface area contributed by atoms with Gasteiger partial charge in [-0.2, -0.15) is 0 Å². The number of nitrogens with one attached hydrogen (secondary N) is 1. The Morgan fingerprint density at radius 1 is 1.40 bits per heavy atom. The number of primary amides is 1. The van der Waals surface area contributed by atoms with Crippen molar-refractivity contribution >= 4 is 23.2 Å². The van der Waals surface area contributed by atoms with E-state index in [1.165, 1.54) is 11.3 Å². The Bertz CT molecular complexity index is 496. The molecule has 2 amide bonds. The van der Waals surface area contributed by atoms with E-state index in [9.17, 15) is 9.59 Å². The first-order valence-electron chi connectivity index (χ1n) is 6.82. The summed E-state index contributed by atoms with van der Waals surface area (Å²) >= 11 is 1.45. The van der Waals surface area contributed by atoms with Gasteiger partial charge in [0.25, 0.3) is 5.91 Å². The molecule has 1 rings (SSSR count). The Labute approximate surface area is 124 Å². The maximum Gasteiger partial charge on any atom is 0.271 e. The van der Waals surface area contributed by atoms with E-state index < -0.39 is 11.4 Å². The molecule has 0 unspecified atom stereocenters. The fourth-order valence-corrected chi connectivity index (χ4v) is 2.90. The molecule has 0 spiro atoms. The lowest BCUT2D eigenvalue weighted by atomic mass is 9.83. The van der Waals surface area contributed by atoms with E-state index in [4.69, 9.17) is 5.73 Å². The van der Waals surface area contributed by atoms with Crippen LogP contribution < -0.4 is 11.1 Å². The van der Waals surface area contributed by atoms with Gasteiger partial charge in [-0.25, -0.2) is 4.98 Å². The highest BCUT2D eigenvalue weighted by molar-refractivity contribution is 7.09. The van der Waals surface area contributed by atoms with Crippen molar-refractivity contribution in [2.24, 2.45) is 11.7 Å². The standard InChI is InChI=1S/C14H23N3O2S/c1-6-14(9(4)5,13(15)19)17-11(18)10-7-20-12(16-10)8(2)3/h7-9H,6H2,1-5H3,(H2,15,19)(H,17,18)/t14-/m1/s1. The molecule has 1 aromatic heterocycles. The van der Waals surface area contributed by atoms with Gasteiger partial charge in [0.2, 0.25) is 5.91 Å². The molecule has 0 aromatic carbocycles. The highest BCUT2D eigenvalue weighted by atomic mass is 32.1. The van der Waals surface area contributed by atoms with Crippen LogP contribution in [0.4, 0.5) is 0 Å². The molecular formula is C14H23N3O2S. The number of carbonyl (C=O) groups is 2. The van der Waals surface area contributed by atoms with Crippen LogP contribution in [0.3, 0.4) is 0 Å². The van der Waals surface area contributed by atoms with E-state index >= 15 is 0 Å². The Morgan fingerprint density at radius 2 is 2.00 bits per heavy atom. The van der Waals surface area contributed by atoms with Gasteiger partial charge in [0, 0.05) is 11.3 Å². The first-order chi connectivity index (χ1) is 9.24. The molecule has 5 nitrogen and oxygen atoms in total. The van der Waals surface area contributed by atoms with Gasteiger partial charge in [0.05, 0.1) is 5.01 Å². The van der Waals surface area contributed by atoms with Crippen molar-refractivity contribution in [2.75, 3.05) is 0 Å². The van der Waals surface area contributed by atoms with Crippen molar-refractivity contribution in [2.45, 2.75) is 52.5 Å². The molecule has 0 fully saturated rings. The van der Waals surface area contributed by atoms with Crippen LogP contribution in [-0.4, -0.2) is 22.3 Å². The summed E-state index contributed by atoms with van der Waals surface area (Å²) in [6, 6.07) is 0. The molecule has 1 aromatic rings. The van der Waals surface area contributed by atoms with Crippen molar-refractivity contribution in [1.82, 2.24) is 10.3 Å².